The number of para-hydroxylation sites is 1. The summed E-state index contributed by atoms with van der Waals surface area (Å²) in [6, 6.07) is 10.7. The van der Waals surface area contributed by atoms with E-state index in [2.05, 4.69) is 15.3 Å². The summed E-state index contributed by atoms with van der Waals surface area (Å²) in [4.78, 5) is 43.7. The predicted molar refractivity (Wildman–Crippen MR) is 96.7 cm³/mol. The number of H-pyrrole nitrogens is 1. The van der Waals surface area contributed by atoms with E-state index in [-0.39, 0.29) is 12.1 Å². The third-order valence-corrected chi connectivity index (χ3v) is 4.67. The first-order valence-corrected chi connectivity index (χ1v) is 8.45. The SMILES string of the molecule is O=C(Nc1nc2ccccc2s1)c1c[nH]c(=O)n(Cc2ccco2)c1=O. The molecule has 0 aliphatic carbocycles. The highest BCUT2D eigenvalue weighted by atomic mass is 32.1. The van der Waals surface area contributed by atoms with Crippen molar-refractivity contribution < 1.29 is 9.21 Å². The minimum absolute atomic E-state index is 0.0660. The molecular weight excluding hydrogens is 356 g/mol. The molecule has 0 unspecified atom stereocenters. The number of benzene rings is 1. The van der Waals surface area contributed by atoms with Gasteiger partial charge in [-0.2, -0.15) is 0 Å². The van der Waals surface area contributed by atoms with Gasteiger partial charge in [-0.1, -0.05) is 23.5 Å². The van der Waals surface area contributed by atoms with E-state index in [9.17, 15) is 14.4 Å². The van der Waals surface area contributed by atoms with Gasteiger partial charge < -0.3 is 9.40 Å². The molecule has 0 radical (unpaired) electrons. The van der Waals surface area contributed by atoms with Crippen molar-refractivity contribution in [2.75, 3.05) is 5.32 Å². The fourth-order valence-corrected chi connectivity index (χ4v) is 3.33. The van der Waals surface area contributed by atoms with E-state index in [0.29, 0.717) is 10.9 Å². The maximum Gasteiger partial charge on any atom is 0.328 e. The molecule has 0 saturated carbocycles. The fraction of sp³-hybridized carbons (Fsp3) is 0.0588. The molecule has 2 N–H and O–H groups in total. The number of nitrogens with zero attached hydrogens (tertiary/aromatic N) is 2. The number of nitrogens with one attached hydrogen (secondary N) is 2. The summed E-state index contributed by atoms with van der Waals surface area (Å²) in [6.45, 7) is -0.0660. The topological polar surface area (TPSA) is 110 Å². The summed E-state index contributed by atoms with van der Waals surface area (Å²) in [5, 5.41) is 2.98. The number of carbonyl (C=O) groups is 1. The molecule has 0 atom stereocenters. The molecule has 0 spiro atoms. The van der Waals surface area contributed by atoms with Gasteiger partial charge in [-0.3, -0.25) is 19.5 Å². The molecule has 8 nitrogen and oxygen atoms in total. The summed E-state index contributed by atoms with van der Waals surface area (Å²) in [6.07, 6.45) is 2.55. The van der Waals surface area contributed by atoms with Crippen molar-refractivity contribution in [1.82, 2.24) is 14.5 Å². The molecule has 1 aromatic carbocycles. The number of anilines is 1. The Balaban J connectivity index is 1.65. The van der Waals surface area contributed by atoms with E-state index in [1.807, 2.05) is 24.3 Å². The van der Waals surface area contributed by atoms with Crippen LogP contribution in [0.2, 0.25) is 0 Å². The molecule has 0 bridgehead atoms. The lowest BCUT2D eigenvalue weighted by atomic mass is 10.3. The molecular formula is C17H12N4O4S. The Hall–Kier alpha value is -3.46. The molecule has 0 saturated heterocycles. The van der Waals surface area contributed by atoms with Crippen LogP contribution < -0.4 is 16.6 Å². The lowest BCUT2D eigenvalue weighted by Gasteiger charge is -2.05. The van der Waals surface area contributed by atoms with Gasteiger partial charge in [0.05, 0.1) is 23.0 Å². The van der Waals surface area contributed by atoms with Gasteiger partial charge in [-0.15, -0.1) is 0 Å². The number of carbonyl (C=O) groups excluding carboxylic acids is 1. The first kappa shape index (κ1) is 16.0. The number of thiazole rings is 1. The van der Waals surface area contributed by atoms with Crippen molar-refractivity contribution in [3.63, 3.8) is 0 Å². The molecule has 26 heavy (non-hydrogen) atoms. The largest absolute Gasteiger partial charge is 0.467 e. The van der Waals surface area contributed by atoms with Gasteiger partial charge in [0.25, 0.3) is 11.5 Å². The van der Waals surface area contributed by atoms with Crippen molar-refractivity contribution >= 4 is 32.6 Å². The minimum Gasteiger partial charge on any atom is -0.467 e. The molecule has 1 amide bonds. The lowest BCUT2D eigenvalue weighted by molar-refractivity contribution is 0.102. The van der Waals surface area contributed by atoms with Gasteiger partial charge in [0.15, 0.2) is 5.13 Å². The van der Waals surface area contributed by atoms with Crippen molar-refractivity contribution in [2.45, 2.75) is 6.54 Å². The van der Waals surface area contributed by atoms with E-state index in [0.717, 1.165) is 21.0 Å². The molecule has 130 valence electrons. The number of hydrogen-bond acceptors (Lipinski definition) is 6. The molecule has 4 rings (SSSR count). The van der Waals surface area contributed by atoms with Gasteiger partial charge in [0.1, 0.15) is 11.3 Å². The van der Waals surface area contributed by atoms with Crippen LogP contribution >= 0.6 is 11.3 Å². The zero-order valence-electron chi connectivity index (χ0n) is 13.3. The van der Waals surface area contributed by atoms with Crippen LogP contribution in [0.5, 0.6) is 0 Å². The molecule has 0 aliphatic rings. The Morgan fingerprint density at radius 2 is 2.08 bits per heavy atom. The van der Waals surface area contributed by atoms with E-state index in [1.54, 1.807) is 12.1 Å². The van der Waals surface area contributed by atoms with Crippen LogP contribution in [0.3, 0.4) is 0 Å². The highest BCUT2D eigenvalue weighted by molar-refractivity contribution is 7.22. The van der Waals surface area contributed by atoms with Crippen molar-refractivity contribution in [1.29, 1.82) is 0 Å². The second kappa shape index (κ2) is 6.45. The summed E-state index contributed by atoms with van der Waals surface area (Å²) in [5.74, 6) is -0.208. The van der Waals surface area contributed by atoms with Gasteiger partial charge >= 0.3 is 5.69 Å². The van der Waals surface area contributed by atoms with E-state index >= 15 is 0 Å². The number of amides is 1. The fourth-order valence-electron chi connectivity index (χ4n) is 2.47. The Morgan fingerprint density at radius 3 is 2.85 bits per heavy atom. The normalized spacial score (nSPS) is 10.9. The van der Waals surface area contributed by atoms with Gasteiger partial charge in [-0.25, -0.2) is 9.78 Å². The van der Waals surface area contributed by atoms with Crippen molar-refractivity contribution in [2.24, 2.45) is 0 Å². The molecule has 3 aromatic heterocycles. The number of aromatic amines is 1. The van der Waals surface area contributed by atoms with Gasteiger partial charge in [0, 0.05) is 6.20 Å². The van der Waals surface area contributed by atoms with E-state index in [4.69, 9.17) is 4.42 Å². The standard InChI is InChI=1S/C17H12N4O4S/c22-14(20-16-19-12-5-1-2-6-13(12)26-16)11-8-18-17(24)21(15(11)23)9-10-4-3-7-25-10/h1-8H,9H2,(H,18,24)(H,19,20,22). The maximum absolute atomic E-state index is 12.5. The van der Waals surface area contributed by atoms with Crippen LogP contribution in [0.1, 0.15) is 16.1 Å². The highest BCUT2D eigenvalue weighted by Gasteiger charge is 2.17. The second-order valence-corrected chi connectivity index (χ2v) is 6.45. The monoisotopic (exact) mass is 368 g/mol. The number of hydrogen-bond donors (Lipinski definition) is 2. The lowest BCUT2D eigenvalue weighted by Crippen LogP contribution is -2.39. The van der Waals surface area contributed by atoms with Crippen LogP contribution in [0.15, 0.2) is 62.9 Å². The average Bonchev–Trinajstić information content (AvgIpc) is 3.27. The Labute approximate surface area is 149 Å². The first-order valence-electron chi connectivity index (χ1n) is 7.63. The van der Waals surface area contributed by atoms with Crippen molar-refractivity contribution in [3.05, 3.63) is 81.0 Å². The molecule has 3 heterocycles. The summed E-state index contributed by atoms with van der Waals surface area (Å²) < 4.78 is 6.98. The van der Waals surface area contributed by atoms with E-state index in [1.165, 1.54) is 17.6 Å². The number of aromatic nitrogens is 3. The zero-order valence-corrected chi connectivity index (χ0v) is 14.1. The summed E-state index contributed by atoms with van der Waals surface area (Å²) in [5.41, 5.74) is -0.758. The maximum atomic E-state index is 12.5. The van der Waals surface area contributed by atoms with Gasteiger partial charge in [-0.05, 0) is 24.3 Å². The van der Waals surface area contributed by atoms with Gasteiger partial charge in [0.2, 0.25) is 0 Å². The third-order valence-electron chi connectivity index (χ3n) is 3.71. The van der Waals surface area contributed by atoms with Crippen LogP contribution in [-0.4, -0.2) is 20.4 Å². The highest BCUT2D eigenvalue weighted by Crippen LogP contribution is 2.25. The van der Waals surface area contributed by atoms with Crippen molar-refractivity contribution in [3.8, 4) is 0 Å². The second-order valence-electron chi connectivity index (χ2n) is 5.42. The quantitative estimate of drug-likeness (QED) is 0.573. The molecule has 4 aromatic rings. The number of furan rings is 1. The Morgan fingerprint density at radius 1 is 1.23 bits per heavy atom. The smallest absolute Gasteiger partial charge is 0.328 e. The Bertz CT molecular complexity index is 1170. The number of rotatable bonds is 4. The Kier molecular flexibility index (Phi) is 3.98. The summed E-state index contributed by atoms with van der Waals surface area (Å²) >= 11 is 1.30. The summed E-state index contributed by atoms with van der Waals surface area (Å²) in [7, 11) is 0. The predicted octanol–water partition coefficient (Wildman–Crippen LogP) is 2.04. The number of fused-ring (bicyclic) bond motifs is 1. The molecule has 0 aliphatic heterocycles. The van der Waals surface area contributed by atoms with Crippen LogP contribution in [0.25, 0.3) is 10.2 Å². The van der Waals surface area contributed by atoms with Crippen LogP contribution in [0.4, 0.5) is 5.13 Å². The molecule has 9 heteroatoms. The first-order chi connectivity index (χ1) is 12.6. The third kappa shape index (κ3) is 2.95. The molecule has 0 fully saturated rings. The van der Waals surface area contributed by atoms with E-state index < -0.39 is 17.2 Å². The zero-order chi connectivity index (χ0) is 18.1. The van der Waals surface area contributed by atoms with Crippen LogP contribution in [0, 0.1) is 0 Å². The average molecular weight is 368 g/mol. The minimum atomic E-state index is -0.705. The van der Waals surface area contributed by atoms with Crippen LogP contribution in [-0.2, 0) is 6.54 Å².